The number of rotatable bonds is 7. The third kappa shape index (κ3) is 6.35. The van der Waals surface area contributed by atoms with E-state index in [9.17, 15) is 13.2 Å². The van der Waals surface area contributed by atoms with Crippen molar-refractivity contribution < 1.29 is 17.9 Å². The standard InChI is InChI=1S/C13H19NO4S/c1-3-18-13(15)12-8-6-11(7-9-12)5-4-10-14-19(2,16)17/h6-9,14H,3-5,10H2,1-2H3. The lowest BCUT2D eigenvalue weighted by molar-refractivity contribution is 0.0526. The number of carbonyl (C=O) groups is 1. The van der Waals surface area contributed by atoms with Crippen LogP contribution in [0.15, 0.2) is 24.3 Å². The maximum absolute atomic E-state index is 11.4. The molecular formula is C13H19NO4S. The molecule has 0 radical (unpaired) electrons. The fraction of sp³-hybridized carbons (Fsp3) is 0.462. The zero-order valence-corrected chi connectivity index (χ0v) is 12.0. The first kappa shape index (κ1) is 15.7. The van der Waals surface area contributed by atoms with Gasteiger partial charge in [-0.1, -0.05) is 12.1 Å². The van der Waals surface area contributed by atoms with E-state index in [-0.39, 0.29) is 5.97 Å². The second kappa shape index (κ2) is 7.25. The van der Waals surface area contributed by atoms with Crippen LogP contribution in [0.5, 0.6) is 0 Å². The summed E-state index contributed by atoms with van der Waals surface area (Å²) in [5.74, 6) is -0.326. The average Bonchev–Trinajstić information content (AvgIpc) is 2.34. The van der Waals surface area contributed by atoms with Crippen LogP contribution in [0.4, 0.5) is 0 Å². The second-order valence-electron chi connectivity index (χ2n) is 4.19. The van der Waals surface area contributed by atoms with Gasteiger partial charge in [-0.15, -0.1) is 0 Å². The zero-order chi connectivity index (χ0) is 14.3. The van der Waals surface area contributed by atoms with Crippen molar-refractivity contribution in [3.8, 4) is 0 Å². The van der Waals surface area contributed by atoms with Gasteiger partial charge in [-0.25, -0.2) is 17.9 Å². The number of esters is 1. The Kier molecular flexibility index (Phi) is 5.98. The first-order valence-corrected chi connectivity index (χ1v) is 8.02. The lowest BCUT2D eigenvalue weighted by atomic mass is 10.1. The van der Waals surface area contributed by atoms with Crippen molar-refractivity contribution >= 4 is 16.0 Å². The maximum Gasteiger partial charge on any atom is 0.338 e. The van der Waals surface area contributed by atoms with E-state index in [4.69, 9.17) is 4.74 Å². The summed E-state index contributed by atoms with van der Waals surface area (Å²) in [6.07, 6.45) is 2.61. The molecule has 6 heteroatoms. The van der Waals surface area contributed by atoms with Gasteiger partial charge < -0.3 is 4.74 Å². The summed E-state index contributed by atoms with van der Waals surface area (Å²) in [6.45, 7) is 2.54. The molecule has 0 saturated heterocycles. The molecule has 0 aliphatic rings. The summed E-state index contributed by atoms with van der Waals surface area (Å²) in [5, 5.41) is 0. The topological polar surface area (TPSA) is 72.5 Å². The Hall–Kier alpha value is -1.40. The maximum atomic E-state index is 11.4. The molecule has 0 bridgehead atoms. The molecule has 0 fully saturated rings. The SMILES string of the molecule is CCOC(=O)c1ccc(CCCNS(C)(=O)=O)cc1. The van der Waals surface area contributed by atoms with Crippen molar-refractivity contribution in [2.75, 3.05) is 19.4 Å². The van der Waals surface area contributed by atoms with Crippen LogP contribution in [0.3, 0.4) is 0 Å². The number of sulfonamides is 1. The fourth-order valence-electron chi connectivity index (χ4n) is 1.57. The number of nitrogens with one attached hydrogen (secondary N) is 1. The van der Waals surface area contributed by atoms with Crippen LogP contribution < -0.4 is 4.72 Å². The van der Waals surface area contributed by atoms with Crippen LogP contribution in [-0.2, 0) is 21.2 Å². The summed E-state index contributed by atoms with van der Waals surface area (Å²) >= 11 is 0. The summed E-state index contributed by atoms with van der Waals surface area (Å²) in [5.41, 5.74) is 1.59. The molecule has 0 heterocycles. The van der Waals surface area contributed by atoms with Gasteiger partial charge in [0.25, 0.3) is 0 Å². The smallest absolute Gasteiger partial charge is 0.338 e. The van der Waals surface area contributed by atoms with E-state index in [1.807, 2.05) is 12.1 Å². The van der Waals surface area contributed by atoms with E-state index >= 15 is 0 Å². The Morgan fingerprint density at radius 1 is 1.26 bits per heavy atom. The first-order chi connectivity index (χ1) is 8.92. The van der Waals surface area contributed by atoms with Gasteiger partial charge in [0, 0.05) is 6.54 Å². The fourth-order valence-corrected chi connectivity index (χ4v) is 2.09. The molecule has 0 aliphatic carbocycles. The van der Waals surface area contributed by atoms with Crippen molar-refractivity contribution in [3.63, 3.8) is 0 Å². The van der Waals surface area contributed by atoms with Gasteiger partial charge in [0.2, 0.25) is 10.0 Å². The van der Waals surface area contributed by atoms with Crippen LogP contribution in [0.2, 0.25) is 0 Å². The second-order valence-corrected chi connectivity index (χ2v) is 6.02. The highest BCUT2D eigenvalue weighted by Crippen LogP contribution is 2.08. The van der Waals surface area contributed by atoms with Crippen LogP contribution in [0.25, 0.3) is 0 Å². The Balaban J connectivity index is 2.42. The van der Waals surface area contributed by atoms with Crippen molar-refractivity contribution in [2.24, 2.45) is 0 Å². The van der Waals surface area contributed by atoms with Gasteiger partial charge in [-0.05, 0) is 37.5 Å². The summed E-state index contributed by atoms with van der Waals surface area (Å²) in [6, 6.07) is 7.15. The third-order valence-electron chi connectivity index (χ3n) is 2.47. The normalized spacial score (nSPS) is 11.3. The van der Waals surface area contributed by atoms with Crippen molar-refractivity contribution in [1.82, 2.24) is 4.72 Å². The summed E-state index contributed by atoms with van der Waals surface area (Å²) in [7, 11) is -3.11. The number of ether oxygens (including phenoxy) is 1. The van der Waals surface area contributed by atoms with E-state index < -0.39 is 10.0 Å². The van der Waals surface area contributed by atoms with Crippen molar-refractivity contribution in [1.29, 1.82) is 0 Å². The van der Waals surface area contributed by atoms with Crippen LogP contribution in [0, 0.1) is 0 Å². The third-order valence-corrected chi connectivity index (χ3v) is 3.20. The highest BCUT2D eigenvalue weighted by molar-refractivity contribution is 7.88. The highest BCUT2D eigenvalue weighted by Gasteiger charge is 2.05. The minimum atomic E-state index is -3.11. The lowest BCUT2D eigenvalue weighted by Crippen LogP contribution is -2.23. The quantitative estimate of drug-likeness (QED) is 0.606. The number of hydrogen-bond donors (Lipinski definition) is 1. The minimum absolute atomic E-state index is 0.326. The molecule has 106 valence electrons. The Labute approximate surface area is 114 Å². The molecule has 0 amide bonds. The van der Waals surface area contributed by atoms with E-state index in [0.717, 1.165) is 18.2 Å². The van der Waals surface area contributed by atoms with Crippen LogP contribution >= 0.6 is 0 Å². The van der Waals surface area contributed by atoms with E-state index in [1.54, 1.807) is 19.1 Å². The highest BCUT2D eigenvalue weighted by atomic mass is 32.2. The molecule has 1 aromatic rings. The molecule has 0 spiro atoms. The largest absolute Gasteiger partial charge is 0.462 e. The lowest BCUT2D eigenvalue weighted by Gasteiger charge is -2.05. The molecular weight excluding hydrogens is 266 g/mol. The van der Waals surface area contributed by atoms with Crippen molar-refractivity contribution in [2.45, 2.75) is 19.8 Å². The molecule has 1 N–H and O–H groups in total. The van der Waals surface area contributed by atoms with Crippen LogP contribution in [-0.4, -0.2) is 33.8 Å². The van der Waals surface area contributed by atoms with Crippen molar-refractivity contribution in [3.05, 3.63) is 35.4 Å². The Morgan fingerprint density at radius 2 is 1.89 bits per heavy atom. The van der Waals surface area contributed by atoms with Gasteiger partial charge in [0.1, 0.15) is 0 Å². The van der Waals surface area contributed by atoms with E-state index in [2.05, 4.69) is 4.72 Å². The Morgan fingerprint density at radius 3 is 2.42 bits per heavy atom. The van der Waals surface area contributed by atoms with E-state index in [0.29, 0.717) is 25.1 Å². The predicted octanol–water partition coefficient (Wildman–Crippen LogP) is 1.35. The number of hydrogen-bond acceptors (Lipinski definition) is 4. The monoisotopic (exact) mass is 285 g/mol. The Bertz CT molecular complexity index is 508. The number of benzene rings is 1. The van der Waals surface area contributed by atoms with Gasteiger partial charge in [-0.2, -0.15) is 0 Å². The minimum Gasteiger partial charge on any atom is -0.462 e. The molecule has 0 atom stereocenters. The van der Waals surface area contributed by atoms with Crippen LogP contribution in [0.1, 0.15) is 29.3 Å². The summed E-state index contributed by atoms with van der Waals surface area (Å²) in [4.78, 5) is 11.4. The van der Waals surface area contributed by atoms with Gasteiger partial charge in [0.05, 0.1) is 18.4 Å². The molecule has 0 aromatic heterocycles. The summed E-state index contributed by atoms with van der Waals surface area (Å²) < 4.78 is 29.0. The first-order valence-electron chi connectivity index (χ1n) is 6.13. The molecule has 19 heavy (non-hydrogen) atoms. The molecule has 5 nitrogen and oxygen atoms in total. The van der Waals surface area contributed by atoms with E-state index in [1.165, 1.54) is 0 Å². The molecule has 1 aromatic carbocycles. The predicted molar refractivity (Wildman–Crippen MR) is 73.6 cm³/mol. The molecule has 1 rings (SSSR count). The van der Waals surface area contributed by atoms with Gasteiger partial charge in [-0.3, -0.25) is 0 Å². The molecule has 0 aliphatic heterocycles. The van der Waals surface area contributed by atoms with Gasteiger partial charge >= 0.3 is 5.97 Å². The average molecular weight is 285 g/mol. The zero-order valence-electron chi connectivity index (χ0n) is 11.2. The molecule has 0 saturated carbocycles. The van der Waals surface area contributed by atoms with Gasteiger partial charge in [0.15, 0.2) is 0 Å². The number of aryl methyl sites for hydroxylation is 1. The number of carbonyl (C=O) groups excluding carboxylic acids is 1. The molecule has 0 unspecified atom stereocenters.